The van der Waals surface area contributed by atoms with Crippen LogP contribution in [0.2, 0.25) is 10.0 Å². The van der Waals surface area contributed by atoms with Crippen LogP contribution in [0, 0.1) is 0 Å². The molecule has 1 N–H and O–H groups in total. The topological polar surface area (TPSA) is 104 Å². The van der Waals surface area contributed by atoms with Crippen LogP contribution in [0.25, 0.3) is 0 Å². The number of rotatable bonds is 4. The summed E-state index contributed by atoms with van der Waals surface area (Å²) in [6.07, 6.45) is -0.540. The van der Waals surface area contributed by atoms with E-state index in [0.29, 0.717) is 20.9 Å². The minimum absolute atomic E-state index is 0.00450. The van der Waals surface area contributed by atoms with Crippen molar-refractivity contribution in [2.24, 2.45) is 4.99 Å². The molecule has 1 amide bonds. The lowest BCUT2D eigenvalue weighted by Gasteiger charge is -2.24. The largest absolute Gasteiger partial charge is 0.481 e. The van der Waals surface area contributed by atoms with Crippen LogP contribution >= 0.6 is 35.0 Å². The minimum atomic E-state index is -3.19. The molecule has 140 valence electrons. The van der Waals surface area contributed by atoms with Gasteiger partial charge >= 0.3 is 5.97 Å². The van der Waals surface area contributed by atoms with E-state index in [4.69, 9.17) is 28.3 Å². The fourth-order valence-electron chi connectivity index (χ4n) is 2.92. The summed E-state index contributed by atoms with van der Waals surface area (Å²) >= 11 is 13.3. The van der Waals surface area contributed by atoms with Crippen LogP contribution in [0.15, 0.2) is 23.2 Å². The first-order valence-corrected chi connectivity index (χ1v) is 11.1. The first-order chi connectivity index (χ1) is 12.1. The van der Waals surface area contributed by atoms with Gasteiger partial charge in [-0.3, -0.25) is 9.59 Å². The molecule has 7 nitrogen and oxygen atoms in total. The van der Waals surface area contributed by atoms with Crippen LogP contribution in [0.3, 0.4) is 0 Å². The summed E-state index contributed by atoms with van der Waals surface area (Å²) in [5.74, 6) is -1.72. The number of amidine groups is 1. The van der Waals surface area contributed by atoms with Gasteiger partial charge in [0, 0.05) is 27.4 Å². The molecule has 0 aromatic heterocycles. The molecule has 2 saturated heterocycles. The Labute approximate surface area is 164 Å². The standard InChI is InChI=1S/C15H14Cl2N2O5S2/c16-8-3-9(17)5-10(4-8)19-11-6-26(23,24)7-12(11)25-15(19)18-13(20)1-2-14(21)22/h3-5,11-12H,1-2,6-7H2,(H,21,22). The summed E-state index contributed by atoms with van der Waals surface area (Å²) in [6.45, 7) is 0. The van der Waals surface area contributed by atoms with Crippen molar-refractivity contribution in [3.8, 4) is 0 Å². The zero-order valence-corrected chi connectivity index (χ0v) is 16.4. The highest BCUT2D eigenvalue weighted by atomic mass is 35.5. The summed E-state index contributed by atoms with van der Waals surface area (Å²) in [5, 5.41) is 9.51. The smallest absolute Gasteiger partial charge is 0.303 e. The molecule has 2 heterocycles. The Morgan fingerprint density at radius 3 is 2.46 bits per heavy atom. The van der Waals surface area contributed by atoms with Gasteiger partial charge in [-0.05, 0) is 18.2 Å². The third-order valence-corrected chi connectivity index (χ3v) is 7.61. The second-order valence-corrected chi connectivity index (χ2v) is 10.2. The molecule has 0 bridgehead atoms. The number of anilines is 1. The fourth-order valence-corrected chi connectivity index (χ4v) is 7.37. The number of carboxylic acids is 1. The Morgan fingerprint density at radius 2 is 1.85 bits per heavy atom. The second-order valence-electron chi connectivity index (χ2n) is 5.98. The molecule has 1 aromatic carbocycles. The molecule has 11 heteroatoms. The molecular formula is C15H14Cl2N2O5S2. The van der Waals surface area contributed by atoms with Crippen LogP contribution in [0.1, 0.15) is 12.8 Å². The molecule has 0 radical (unpaired) electrons. The van der Waals surface area contributed by atoms with Gasteiger partial charge in [-0.1, -0.05) is 35.0 Å². The van der Waals surface area contributed by atoms with Gasteiger partial charge in [0.25, 0.3) is 0 Å². The number of hydrogen-bond donors (Lipinski definition) is 1. The summed E-state index contributed by atoms with van der Waals surface area (Å²) in [7, 11) is -3.19. The quantitative estimate of drug-likeness (QED) is 0.772. The lowest BCUT2D eigenvalue weighted by Crippen LogP contribution is -2.37. The summed E-state index contributed by atoms with van der Waals surface area (Å²) in [5.41, 5.74) is 0.546. The van der Waals surface area contributed by atoms with Crippen LogP contribution in [-0.2, 0) is 19.4 Å². The Morgan fingerprint density at radius 1 is 1.19 bits per heavy atom. The van der Waals surface area contributed by atoms with Crippen molar-refractivity contribution < 1.29 is 23.1 Å². The summed E-state index contributed by atoms with van der Waals surface area (Å²) in [6, 6.07) is 4.41. The number of hydrogen-bond acceptors (Lipinski definition) is 5. The van der Waals surface area contributed by atoms with Crippen LogP contribution < -0.4 is 4.90 Å². The number of carboxylic acid groups (broad SMARTS) is 1. The molecule has 1 aromatic rings. The minimum Gasteiger partial charge on any atom is -0.481 e. The van der Waals surface area contributed by atoms with E-state index in [1.165, 1.54) is 11.8 Å². The zero-order valence-electron chi connectivity index (χ0n) is 13.3. The zero-order chi connectivity index (χ0) is 19.1. The van der Waals surface area contributed by atoms with E-state index in [1.807, 2.05) is 0 Å². The first kappa shape index (κ1) is 19.5. The van der Waals surface area contributed by atoms with E-state index in [1.54, 1.807) is 23.1 Å². The van der Waals surface area contributed by atoms with Crippen LogP contribution in [0.4, 0.5) is 5.69 Å². The highest BCUT2D eigenvalue weighted by Gasteiger charge is 2.49. The van der Waals surface area contributed by atoms with E-state index in [2.05, 4.69) is 4.99 Å². The summed E-state index contributed by atoms with van der Waals surface area (Å²) in [4.78, 5) is 28.3. The van der Waals surface area contributed by atoms with E-state index in [9.17, 15) is 18.0 Å². The number of aliphatic imine (C=N–C) groups is 1. The fraction of sp³-hybridized carbons (Fsp3) is 0.400. The molecule has 0 spiro atoms. The number of aliphatic carboxylic acids is 1. The molecule has 2 unspecified atom stereocenters. The molecule has 2 fully saturated rings. The lowest BCUT2D eigenvalue weighted by molar-refractivity contribution is -0.138. The third kappa shape index (κ3) is 4.33. The van der Waals surface area contributed by atoms with Gasteiger partial charge in [0.15, 0.2) is 15.0 Å². The molecule has 3 rings (SSSR count). The third-order valence-electron chi connectivity index (χ3n) is 3.97. The number of nitrogens with zero attached hydrogens (tertiary/aromatic N) is 2. The Kier molecular flexibility index (Phi) is 5.53. The molecule has 0 saturated carbocycles. The van der Waals surface area contributed by atoms with Gasteiger partial charge in [-0.2, -0.15) is 4.99 Å². The van der Waals surface area contributed by atoms with E-state index in [-0.39, 0.29) is 35.6 Å². The average molecular weight is 437 g/mol. The van der Waals surface area contributed by atoms with Gasteiger partial charge in [0.1, 0.15) is 0 Å². The molecule has 2 atom stereocenters. The van der Waals surface area contributed by atoms with Crippen molar-refractivity contribution in [2.45, 2.75) is 24.1 Å². The maximum absolute atomic E-state index is 12.0. The van der Waals surface area contributed by atoms with Gasteiger partial charge < -0.3 is 10.0 Å². The van der Waals surface area contributed by atoms with Crippen LogP contribution in [0.5, 0.6) is 0 Å². The number of benzene rings is 1. The van der Waals surface area contributed by atoms with E-state index in [0.717, 1.165) is 0 Å². The molecule has 0 aliphatic carbocycles. The van der Waals surface area contributed by atoms with Crippen molar-refractivity contribution >= 4 is 67.5 Å². The van der Waals surface area contributed by atoms with Crippen molar-refractivity contribution in [2.75, 3.05) is 16.4 Å². The molecular weight excluding hydrogens is 423 g/mol. The monoisotopic (exact) mass is 436 g/mol. The van der Waals surface area contributed by atoms with Crippen LogP contribution in [-0.4, -0.2) is 53.4 Å². The van der Waals surface area contributed by atoms with Gasteiger partial charge in [-0.25, -0.2) is 8.42 Å². The average Bonchev–Trinajstić information content (AvgIpc) is 2.94. The molecule has 2 aliphatic heterocycles. The van der Waals surface area contributed by atoms with Gasteiger partial charge in [0.05, 0.1) is 24.0 Å². The summed E-state index contributed by atoms with van der Waals surface area (Å²) < 4.78 is 24.0. The predicted octanol–water partition coefficient (Wildman–Crippen LogP) is 2.46. The number of fused-ring (bicyclic) bond motifs is 1. The van der Waals surface area contributed by atoms with Gasteiger partial charge in [-0.15, -0.1) is 0 Å². The maximum atomic E-state index is 12.0. The Balaban J connectivity index is 1.96. The van der Waals surface area contributed by atoms with E-state index >= 15 is 0 Å². The second kappa shape index (κ2) is 7.38. The number of carbonyl (C=O) groups excluding carboxylic acids is 1. The number of halogens is 2. The van der Waals surface area contributed by atoms with Crippen molar-refractivity contribution in [3.05, 3.63) is 28.2 Å². The van der Waals surface area contributed by atoms with Crippen molar-refractivity contribution in [3.63, 3.8) is 0 Å². The SMILES string of the molecule is O=C(O)CCC(=O)N=C1SC2CS(=O)(=O)CC2N1c1cc(Cl)cc(Cl)c1. The Hall–Kier alpha value is -1.29. The Bertz CT molecular complexity index is 883. The predicted molar refractivity (Wildman–Crippen MR) is 102 cm³/mol. The maximum Gasteiger partial charge on any atom is 0.303 e. The number of amides is 1. The normalized spacial score (nSPS) is 25.5. The number of thioether (sulfide) groups is 1. The first-order valence-electron chi connectivity index (χ1n) is 7.60. The number of carbonyl (C=O) groups is 2. The highest BCUT2D eigenvalue weighted by Crippen LogP contribution is 2.42. The van der Waals surface area contributed by atoms with Gasteiger partial charge in [0.2, 0.25) is 5.91 Å². The molecule has 26 heavy (non-hydrogen) atoms. The highest BCUT2D eigenvalue weighted by molar-refractivity contribution is 8.16. The van der Waals surface area contributed by atoms with Crippen molar-refractivity contribution in [1.29, 1.82) is 0 Å². The lowest BCUT2D eigenvalue weighted by atomic mass is 10.2. The van der Waals surface area contributed by atoms with Crippen molar-refractivity contribution in [1.82, 2.24) is 0 Å². The molecule has 2 aliphatic rings. The van der Waals surface area contributed by atoms with E-state index < -0.39 is 21.7 Å². The number of sulfone groups is 1.